The van der Waals surface area contributed by atoms with Gasteiger partial charge >= 0.3 is 0 Å². The standard InChI is InChI=1S/C16H21N5O3/c1-16(7-3-4-8-24-16)10-17-15(22)12-5-6-14(23-2)13(9-12)21-11-18-19-20-21/h5-6,9,11H,3-4,7-8,10H2,1-2H3,(H,17,22). The van der Waals surface area contributed by atoms with Gasteiger partial charge in [-0.2, -0.15) is 4.68 Å². The van der Waals surface area contributed by atoms with Crippen molar-refractivity contribution in [3.8, 4) is 11.4 Å². The highest BCUT2D eigenvalue weighted by Gasteiger charge is 2.28. The second kappa shape index (κ2) is 6.96. The Morgan fingerprint density at radius 1 is 1.46 bits per heavy atom. The molecule has 1 atom stereocenters. The Hall–Kier alpha value is -2.48. The molecule has 0 bridgehead atoms. The van der Waals surface area contributed by atoms with Gasteiger partial charge in [0.1, 0.15) is 17.8 Å². The molecule has 3 rings (SSSR count). The third-order valence-electron chi connectivity index (χ3n) is 4.21. The van der Waals surface area contributed by atoms with Gasteiger partial charge in [0.2, 0.25) is 0 Å². The van der Waals surface area contributed by atoms with E-state index in [0.29, 0.717) is 23.5 Å². The van der Waals surface area contributed by atoms with Gasteiger partial charge in [-0.1, -0.05) is 0 Å². The highest BCUT2D eigenvalue weighted by atomic mass is 16.5. The van der Waals surface area contributed by atoms with Crippen molar-refractivity contribution in [2.75, 3.05) is 20.3 Å². The molecule has 128 valence electrons. The molecule has 24 heavy (non-hydrogen) atoms. The average Bonchev–Trinajstić information content (AvgIpc) is 3.14. The van der Waals surface area contributed by atoms with E-state index in [-0.39, 0.29) is 11.5 Å². The van der Waals surface area contributed by atoms with Crippen LogP contribution in [0.1, 0.15) is 36.5 Å². The van der Waals surface area contributed by atoms with Gasteiger partial charge in [-0.15, -0.1) is 5.10 Å². The van der Waals surface area contributed by atoms with E-state index < -0.39 is 0 Å². The highest BCUT2D eigenvalue weighted by molar-refractivity contribution is 5.95. The SMILES string of the molecule is COc1ccc(C(=O)NCC2(C)CCCCO2)cc1-n1cnnn1. The first-order chi connectivity index (χ1) is 11.6. The van der Waals surface area contributed by atoms with Gasteiger partial charge in [0.15, 0.2) is 0 Å². The zero-order chi connectivity index (χ0) is 17.0. The van der Waals surface area contributed by atoms with Crippen LogP contribution in [-0.4, -0.2) is 52.0 Å². The number of ether oxygens (including phenoxy) is 2. The predicted octanol–water partition coefficient (Wildman–Crippen LogP) is 1.36. The summed E-state index contributed by atoms with van der Waals surface area (Å²) in [5.41, 5.74) is 0.829. The van der Waals surface area contributed by atoms with Crippen LogP contribution in [0.2, 0.25) is 0 Å². The summed E-state index contributed by atoms with van der Waals surface area (Å²) in [5.74, 6) is 0.420. The average molecular weight is 331 g/mol. The van der Waals surface area contributed by atoms with Crippen molar-refractivity contribution in [1.82, 2.24) is 25.5 Å². The number of methoxy groups -OCH3 is 1. The number of tetrazole rings is 1. The molecular weight excluding hydrogens is 310 g/mol. The molecule has 1 aliphatic heterocycles. The number of aromatic nitrogens is 4. The molecule has 1 aliphatic rings. The van der Waals surface area contributed by atoms with Gasteiger partial charge in [-0.3, -0.25) is 4.79 Å². The summed E-state index contributed by atoms with van der Waals surface area (Å²) in [6.07, 6.45) is 4.61. The highest BCUT2D eigenvalue weighted by Crippen LogP contribution is 2.25. The maximum atomic E-state index is 12.5. The topological polar surface area (TPSA) is 91.2 Å². The lowest BCUT2D eigenvalue weighted by atomic mass is 9.96. The first-order valence-corrected chi connectivity index (χ1v) is 7.95. The second-order valence-corrected chi connectivity index (χ2v) is 6.08. The smallest absolute Gasteiger partial charge is 0.251 e. The van der Waals surface area contributed by atoms with Crippen molar-refractivity contribution in [3.05, 3.63) is 30.1 Å². The van der Waals surface area contributed by atoms with Crippen LogP contribution in [0, 0.1) is 0 Å². The molecule has 1 fully saturated rings. The van der Waals surface area contributed by atoms with Crippen LogP contribution in [0.15, 0.2) is 24.5 Å². The molecule has 8 heteroatoms. The Morgan fingerprint density at radius 3 is 3.00 bits per heavy atom. The molecule has 2 heterocycles. The van der Waals surface area contributed by atoms with E-state index in [1.165, 1.54) is 11.0 Å². The lowest BCUT2D eigenvalue weighted by molar-refractivity contribution is -0.0618. The number of carbonyl (C=O) groups is 1. The number of rotatable bonds is 5. The van der Waals surface area contributed by atoms with Crippen LogP contribution in [0.25, 0.3) is 5.69 Å². The molecule has 1 saturated heterocycles. The number of nitrogens with zero attached hydrogens (tertiary/aromatic N) is 4. The Bertz CT molecular complexity index is 696. The van der Waals surface area contributed by atoms with Gasteiger partial charge in [-0.05, 0) is 54.8 Å². The van der Waals surface area contributed by atoms with Crippen LogP contribution in [0.5, 0.6) is 5.75 Å². The summed E-state index contributed by atoms with van der Waals surface area (Å²) >= 11 is 0. The number of nitrogens with one attached hydrogen (secondary N) is 1. The predicted molar refractivity (Wildman–Crippen MR) is 86.2 cm³/mol. The zero-order valence-electron chi connectivity index (χ0n) is 13.9. The van der Waals surface area contributed by atoms with Crippen molar-refractivity contribution in [3.63, 3.8) is 0 Å². The third kappa shape index (κ3) is 3.53. The van der Waals surface area contributed by atoms with Crippen LogP contribution in [0.3, 0.4) is 0 Å². The summed E-state index contributed by atoms with van der Waals surface area (Å²) < 4.78 is 12.6. The van der Waals surface area contributed by atoms with Gasteiger partial charge < -0.3 is 14.8 Å². The summed E-state index contributed by atoms with van der Waals surface area (Å²) in [6, 6.07) is 5.14. The van der Waals surface area contributed by atoms with Crippen LogP contribution in [0.4, 0.5) is 0 Å². The Labute approximate surface area is 140 Å². The maximum absolute atomic E-state index is 12.5. The first-order valence-electron chi connectivity index (χ1n) is 7.95. The normalized spacial score (nSPS) is 20.6. The van der Waals surface area contributed by atoms with Crippen LogP contribution >= 0.6 is 0 Å². The fourth-order valence-corrected chi connectivity index (χ4v) is 2.78. The van der Waals surface area contributed by atoms with Gasteiger partial charge in [0.05, 0.1) is 12.7 Å². The molecule has 2 aromatic rings. The van der Waals surface area contributed by atoms with Gasteiger partial charge in [0, 0.05) is 18.7 Å². The Balaban J connectivity index is 1.74. The molecule has 0 aliphatic carbocycles. The van der Waals surface area contributed by atoms with E-state index in [1.807, 2.05) is 6.92 Å². The van der Waals surface area contributed by atoms with Gasteiger partial charge in [-0.25, -0.2) is 0 Å². The van der Waals surface area contributed by atoms with Crippen molar-refractivity contribution < 1.29 is 14.3 Å². The fraction of sp³-hybridized carbons (Fsp3) is 0.500. The molecular formula is C16H21N5O3. The summed E-state index contributed by atoms with van der Waals surface area (Å²) in [7, 11) is 1.56. The number of hydrogen-bond donors (Lipinski definition) is 1. The number of benzene rings is 1. The molecule has 0 saturated carbocycles. The molecule has 1 N–H and O–H groups in total. The van der Waals surface area contributed by atoms with E-state index in [9.17, 15) is 4.79 Å². The first kappa shape index (κ1) is 16.4. The summed E-state index contributed by atoms with van der Waals surface area (Å²) in [6.45, 7) is 3.27. The number of amides is 1. The largest absolute Gasteiger partial charge is 0.494 e. The van der Waals surface area contributed by atoms with E-state index in [2.05, 4.69) is 20.8 Å². The minimum atomic E-state index is -0.293. The lowest BCUT2D eigenvalue weighted by Gasteiger charge is -2.33. The number of hydrogen-bond acceptors (Lipinski definition) is 6. The minimum absolute atomic E-state index is 0.164. The van der Waals surface area contributed by atoms with Gasteiger partial charge in [0.25, 0.3) is 5.91 Å². The molecule has 1 unspecified atom stereocenters. The third-order valence-corrected chi connectivity index (χ3v) is 4.21. The minimum Gasteiger partial charge on any atom is -0.494 e. The quantitative estimate of drug-likeness (QED) is 0.889. The molecule has 8 nitrogen and oxygen atoms in total. The van der Waals surface area contributed by atoms with E-state index >= 15 is 0 Å². The van der Waals surface area contributed by atoms with Crippen LogP contribution < -0.4 is 10.1 Å². The van der Waals surface area contributed by atoms with Crippen molar-refractivity contribution in [2.24, 2.45) is 0 Å². The molecule has 1 amide bonds. The molecule has 1 aromatic heterocycles. The monoisotopic (exact) mass is 331 g/mol. The fourth-order valence-electron chi connectivity index (χ4n) is 2.78. The van der Waals surface area contributed by atoms with Crippen LogP contribution in [-0.2, 0) is 4.74 Å². The summed E-state index contributed by atoms with van der Waals surface area (Å²) in [5, 5.41) is 14.0. The molecule has 0 spiro atoms. The molecule has 1 aromatic carbocycles. The second-order valence-electron chi connectivity index (χ2n) is 6.08. The summed E-state index contributed by atoms with van der Waals surface area (Å²) in [4.78, 5) is 12.5. The number of carbonyl (C=O) groups excluding carboxylic acids is 1. The zero-order valence-corrected chi connectivity index (χ0v) is 13.9. The van der Waals surface area contributed by atoms with Crippen molar-refractivity contribution in [2.45, 2.75) is 31.8 Å². The Morgan fingerprint density at radius 2 is 2.33 bits per heavy atom. The van der Waals surface area contributed by atoms with E-state index in [1.54, 1.807) is 25.3 Å². The van der Waals surface area contributed by atoms with Crippen molar-refractivity contribution >= 4 is 5.91 Å². The van der Waals surface area contributed by atoms with Crippen molar-refractivity contribution in [1.29, 1.82) is 0 Å². The van der Waals surface area contributed by atoms with E-state index in [4.69, 9.17) is 9.47 Å². The maximum Gasteiger partial charge on any atom is 0.251 e. The molecule has 0 radical (unpaired) electrons. The Kier molecular flexibility index (Phi) is 4.75. The lowest BCUT2D eigenvalue weighted by Crippen LogP contribution is -2.44. The van der Waals surface area contributed by atoms with E-state index in [0.717, 1.165) is 25.9 Å².